The number of likely N-dealkylation sites (tertiary alicyclic amines) is 2. The molecule has 0 spiro atoms. The van der Waals surface area contributed by atoms with Crippen LogP contribution in [0.4, 0.5) is 0 Å². The summed E-state index contributed by atoms with van der Waals surface area (Å²) in [5.41, 5.74) is 9.07. The molecule has 0 radical (unpaired) electrons. The molecule has 2 aromatic carbocycles. The number of halogens is 1. The van der Waals surface area contributed by atoms with Crippen molar-refractivity contribution in [3.8, 4) is 0 Å². The van der Waals surface area contributed by atoms with Crippen LogP contribution in [0.25, 0.3) is 0 Å². The van der Waals surface area contributed by atoms with Crippen LogP contribution in [0.5, 0.6) is 0 Å². The number of benzene rings is 2. The van der Waals surface area contributed by atoms with Gasteiger partial charge in [0.15, 0.2) is 0 Å². The minimum absolute atomic E-state index is 0.120. The lowest BCUT2D eigenvalue weighted by molar-refractivity contribution is -0.142. The molecular formula is C34H45ClN6O. The molecule has 1 aromatic heterocycles. The zero-order valence-corrected chi connectivity index (χ0v) is 25.4. The highest BCUT2D eigenvalue weighted by Gasteiger charge is 2.45. The SMILES string of the molecule is NC1CCN([C@H](Cc2ccc(Cl)cc2)C(=O)N2CCC(Cn3cncn3)(C3CCCCC3)CC2)C(c2ccccc2)C1. The van der Waals surface area contributed by atoms with Crippen molar-refractivity contribution in [2.45, 2.75) is 88.9 Å². The van der Waals surface area contributed by atoms with Gasteiger partial charge in [0.25, 0.3) is 0 Å². The molecule has 3 aromatic rings. The van der Waals surface area contributed by atoms with Crippen LogP contribution in [0.2, 0.25) is 5.02 Å². The summed E-state index contributed by atoms with van der Waals surface area (Å²) < 4.78 is 2.02. The topological polar surface area (TPSA) is 80.3 Å². The first kappa shape index (κ1) is 29.3. The van der Waals surface area contributed by atoms with Crippen molar-refractivity contribution in [1.29, 1.82) is 0 Å². The first-order valence-corrected chi connectivity index (χ1v) is 16.3. The van der Waals surface area contributed by atoms with Gasteiger partial charge in [-0.05, 0) is 79.5 Å². The Morgan fingerprint density at radius 1 is 0.976 bits per heavy atom. The van der Waals surface area contributed by atoms with Crippen molar-refractivity contribution in [2.24, 2.45) is 17.1 Å². The molecule has 1 saturated carbocycles. The molecule has 1 amide bonds. The molecule has 42 heavy (non-hydrogen) atoms. The van der Waals surface area contributed by atoms with Crippen molar-refractivity contribution < 1.29 is 4.79 Å². The average Bonchev–Trinajstić information content (AvgIpc) is 3.55. The highest BCUT2D eigenvalue weighted by Crippen LogP contribution is 2.47. The quantitative estimate of drug-likeness (QED) is 0.355. The largest absolute Gasteiger partial charge is 0.341 e. The molecule has 3 fully saturated rings. The van der Waals surface area contributed by atoms with Crippen LogP contribution in [-0.4, -0.2) is 62.2 Å². The van der Waals surface area contributed by atoms with Gasteiger partial charge in [-0.1, -0.05) is 73.3 Å². The van der Waals surface area contributed by atoms with Crippen molar-refractivity contribution in [3.05, 3.63) is 83.4 Å². The number of amides is 1. The molecule has 1 aliphatic carbocycles. The van der Waals surface area contributed by atoms with E-state index in [4.69, 9.17) is 17.3 Å². The Morgan fingerprint density at radius 2 is 1.71 bits per heavy atom. The van der Waals surface area contributed by atoms with Gasteiger partial charge in [-0.3, -0.25) is 14.4 Å². The third-order valence-electron chi connectivity index (χ3n) is 10.4. The minimum atomic E-state index is -0.249. The standard InChI is InChI=1S/C34H45ClN6O/c35-29-13-11-26(12-14-29)21-32(41-18-15-30(36)22-31(41)27-7-3-1-4-8-27)33(42)39-19-16-34(17-20-39,23-40-25-37-24-38-40)28-9-5-2-6-10-28/h1,3-4,7-8,11-14,24-25,28,30-32H,2,5-6,9-10,15-23,36H2/t30?,31?,32-/m1/s1. The molecule has 224 valence electrons. The molecule has 3 aliphatic rings. The summed E-state index contributed by atoms with van der Waals surface area (Å²) >= 11 is 6.23. The number of rotatable bonds is 8. The lowest BCUT2D eigenvalue weighted by atomic mass is 9.63. The van der Waals surface area contributed by atoms with Crippen molar-refractivity contribution >= 4 is 17.5 Å². The van der Waals surface area contributed by atoms with E-state index in [1.807, 2.05) is 23.1 Å². The molecule has 2 saturated heterocycles. The smallest absolute Gasteiger partial charge is 0.240 e. The average molecular weight is 589 g/mol. The van der Waals surface area contributed by atoms with E-state index in [-0.39, 0.29) is 29.4 Å². The molecule has 6 rings (SSSR count). The summed E-state index contributed by atoms with van der Waals surface area (Å²) in [5.74, 6) is 0.933. The summed E-state index contributed by atoms with van der Waals surface area (Å²) in [6.07, 6.45) is 14.5. The summed E-state index contributed by atoms with van der Waals surface area (Å²) in [7, 11) is 0. The molecule has 3 heterocycles. The van der Waals surface area contributed by atoms with E-state index >= 15 is 0 Å². The Morgan fingerprint density at radius 3 is 2.40 bits per heavy atom. The van der Waals surface area contributed by atoms with E-state index in [0.717, 1.165) is 62.4 Å². The van der Waals surface area contributed by atoms with E-state index in [1.165, 1.54) is 37.7 Å². The second kappa shape index (κ2) is 13.3. The van der Waals surface area contributed by atoms with Crippen LogP contribution in [0, 0.1) is 11.3 Å². The van der Waals surface area contributed by atoms with Crippen molar-refractivity contribution in [1.82, 2.24) is 24.6 Å². The van der Waals surface area contributed by atoms with Gasteiger partial charge in [-0.15, -0.1) is 0 Å². The number of hydrogen-bond acceptors (Lipinski definition) is 5. The number of carbonyl (C=O) groups excluding carboxylic acids is 1. The Bertz CT molecular complexity index is 1270. The molecule has 7 nitrogen and oxygen atoms in total. The van der Waals surface area contributed by atoms with Crippen molar-refractivity contribution in [3.63, 3.8) is 0 Å². The fourth-order valence-electron chi connectivity index (χ4n) is 8.01. The second-order valence-corrected chi connectivity index (χ2v) is 13.3. The molecule has 0 bridgehead atoms. The van der Waals surface area contributed by atoms with Crippen LogP contribution in [0.15, 0.2) is 67.3 Å². The predicted molar refractivity (Wildman–Crippen MR) is 167 cm³/mol. The zero-order chi connectivity index (χ0) is 28.9. The summed E-state index contributed by atoms with van der Waals surface area (Å²) in [4.78, 5) is 23.5. The van der Waals surface area contributed by atoms with Gasteiger partial charge in [-0.2, -0.15) is 5.10 Å². The van der Waals surface area contributed by atoms with Crippen LogP contribution < -0.4 is 5.73 Å². The maximum Gasteiger partial charge on any atom is 0.240 e. The van der Waals surface area contributed by atoms with E-state index < -0.39 is 0 Å². The van der Waals surface area contributed by atoms with Gasteiger partial charge in [-0.25, -0.2) is 4.98 Å². The Balaban J connectivity index is 1.25. The number of piperidine rings is 2. The Labute approximate surface area is 255 Å². The van der Waals surface area contributed by atoms with Crippen molar-refractivity contribution in [2.75, 3.05) is 19.6 Å². The van der Waals surface area contributed by atoms with Gasteiger partial charge in [0.1, 0.15) is 12.7 Å². The van der Waals surface area contributed by atoms with E-state index in [0.29, 0.717) is 12.3 Å². The second-order valence-electron chi connectivity index (χ2n) is 12.9. The van der Waals surface area contributed by atoms with E-state index in [1.54, 1.807) is 6.33 Å². The summed E-state index contributed by atoms with van der Waals surface area (Å²) in [5, 5.41) is 5.21. The molecular weight excluding hydrogens is 544 g/mol. The van der Waals surface area contributed by atoms with Gasteiger partial charge >= 0.3 is 0 Å². The predicted octanol–water partition coefficient (Wildman–Crippen LogP) is 5.90. The maximum atomic E-state index is 14.6. The van der Waals surface area contributed by atoms with Crippen LogP contribution in [-0.2, 0) is 17.8 Å². The lowest BCUT2D eigenvalue weighted by Gasteiger charge is -2.49. The van der Waals surface area contributed by atoms with Crippen LogP contribution in [0.1, 0.15) is 75.0 Å². The first-order chi connectivity index (χ1) is 20.5. The van der Waals surface area contributed by atoms with Gasteiger partial charge < -0.3 is 10.6 Å². The van der Waals surface area contributed by atoms with Gasteiger partial charge in [0, 0.05) is 43.3 Å². The first-order valence-electron chi connectivity index (χ1n) is 15.9. The number of aromatic nitrogens is 3. The number of nitrogens with zero attached hydrogens (tertiary/aromatic N) is 5. The normalized spacial score (nSPS) is 24.4. The van der Waals surface area contributed by atoms with E-state index in [2.05, 4.69) is 62.3 Å². The van der Waals surface area contributed by atoms with Gasteiger partial charge in [0.05, 0.1) is 6.04 Å². The minimum Gasteiger partial charge on any atom is -0.341 e. The number of hydrogen-bond donors (Lipinski definition) is 1. The third-order valence-corrected chi connectivity index (χ3v) is 10.6. The molecule has 2 unspecified atom stereocenters. The fourth-order valence-corrected chi connectivity index (χ4v) is 8.13. The monoisotopic (exact) mass is 588 g/mol. The molecule has 8 heteroatoms. The third kappa shape index (κ3) is 6.58. The highest BCUT2D eigenvalue weighted by atomic mass is 35.5. The Hall–Kier alpha value is -2.74. The summed E-state index contributed by atoms with van der Waals surface area (Å²) in [6, 6.07) is 18.6. The molecule has 3 atom stereocenters. The molecule has 2 aliphatic heterocycles. The number of carbonyl (C=O) groups is 1. The fraction of sp³-hybridized carbons (Fsp3) is 0.559. The molecule has 2 N–H and O–H groups in total. The number of nitrogens with two attached hydrogens (primary N) is 1. The van der Waals surface area contributed by atoms with Gasteiger partial charge in [0.2, 0.25) is 5.91 Å². The van der Waals surface area contributed by atoms with E-state index in [9.17, 15) is 4.79 Å². The van der Waals surface area contributed by atoms with Crippen LogP contribution in [0.3, 0.4) is 0 Å². The highest BCUT2D eigenvalue weighted by molar-refractivity contribution is 6.30. The lowest BCUT2D eigenvalue weighted by Crippen LogP contribution is -2.57. The van der Waals surface area contributed by atoms with Crippen LogP contribution >= 0.6 is 11.6 Å². The zero-order valence-electron chi connectivity index (χ0n) is 24.7. The maximum absolute atomic E-state index is 14.6. The Kier molecular flexibility index (Phi) is 9.27. The summed E-state index contributed by atoms with van der Waals surface area (Å²) in [6.45, 7) is 3.31.